The Morgan fingerprint density at radius 2 is 1.96 bits per heavy atom. The number of aromatic nitrogens is 1. The van der Waals surface area contributed by atoms with Gasteiger partial charge in [-0.05, 0) is 5.56 Å². The molecule has 1 heterocycles. The molecule has 0 spiro atoms. The molecule has 2 aromatic rings. The van der Waals surface area contributed by atoms with Crippen LogP contribution in [0.5, 0.6) is 0 Å². The van der Waals surface area contributed by atoms with Gasteiger partial charge in [0.15, 0.2) is 0 Å². The van der Waals surface area contributed by atoms with Gasteiger partial charge in [-0.25, -0.2) is 4.79 Å². The van der Waals surface area contributed by atoms with E-state index in [1.807, 2.05) is 0 Å². The number of ether oxygens (including phenoxy) is 1. The van der Waals surface area contributed by atoms with Gasteiger partial charge in [0, 0.05) is 18.6 Å². The largest absolute Gasteiger partial charge is 0.462 e. The molecule has 0 aliphatic carbocycles. The highest BCUT2D eigenvalue weighted by molar-refractivity contribution is 5.90. The van der Waals surface area contributed by atoms with Crippen molar-refractivity contribution in [1.82, 2.24) is 5.16 Å². The van der Waals surface area contributed by atoms with Crippen LogP contribution in [0.25, 0.3) is 0 Å². The van der Waals surface area contributed by atoms with E-state index in [9.17, 15) is 28.1 Å². The van der Waals surface area contributed by atoms with Gasteiger partial charge in [0.1, 0.15) is 5.56 Å². The van der Waals surface area contributed by atoms with Gasteiger partial charge in [-0.3, -0.25) is 10.1 Å². The fourth-order valence-corrected chi connectivity index (χ4v) is 1.71. The van der Waals surface area contributed by atoms with Crippen molar-refractivity contribution < 1.29 is 32.1 Å². The number of carbonyl (C=O) groups is 1. The molecular weight excluding hydrogens is 321 g/mol. The van der Waals surface area contributed by atoms with E-state index in [4.69, 9.17) is 4.74 Å². The Balaban J connectivity index is 1.93. The first kappa shape index (κ1) is 16.5. The van der Waals surface area contributed by atoms with Crippen molar-refractivity contribution in [2.45, 2.75) is 12.6 Å². The maximum atomic E-state index is 12.5. The van der Waals surface area contributed by atoms with Crippen molar-refractivity contribution in [3.63, 3.8) is 0 Å². The summed E-state index contributed by atoms with van der Waals surface area (Å²) in [6, 6.07) is 5.48. The number of hydrogen-bond acceptors (Lipinski definition) is 6. The fourth-order valence-electron chi connectivity index (χ4n) is 1.71. The monoisotopic (exact) mass is 330 g/mol. The Morgan fingerprint density at radius 1 is 1.30 bits per heavy atom. The van der Waals surface area contributed by atoms with Gasteiger partial charge in [0.2, 0.25) is 0 Å². The molecule has 1 aromatic heterocycles. The van der Waals surface area contributed by atoms with Crippen LogP contribution >= 0.6 is 0 Å². The van der Waals surface area contributed by atoms with Crippen LogP contribution in [0, 0.1) is 10.1 Å². The van der Waals surface area contributed by atoms with Crippen molar-refractivity contribution >= 4 is 11.7 Å². The quantitative estimate of drug-likeness (QED) is 0.475. The third-order valence-electron chi connectivity index (χ3n) is 2.82. The molecule has 0 aliphatic rings. The minimum absolute atomic E-state index is 0.0926. The molecule has 0 aliphatic heterocycles. The van der Waals surface area contributed by atoms with Crippen molar-refractivity contribution in [3.05, 3.63) is 57.5 Å². The molecule has 23 heavy (non-hydrogen) atoms. The molecule has 10 heteroatoms. The van der Waals surface area contributed by atoms with Crippen LogP contribution < -0.4 is 0 Å². The Bertz CT molecular complexity index is 709. The first-order valence-electron chi connectivity index (χ1n) is 6.21. The van der Waals surface area contributed by atoms with Gasteiger partial charge in [-0.15, -0.1) is 0 Å². The summed E-state index contributed by atoms with van der Waals surface area (Å²) >= 11 is 0. The number of nitrogens with zero attached hydrogens (tertiary/aromatic N) is 2. The average molecular weight is 330 g/mol. The van der Waals surface area contributed by atoms with E-state index >= 15 is 0 Å². The highest BCUT2D eigenvalue weighted by Crippen LogP contribution is 2.32. The number of benzene rings is 1. The molecule has 2 rings (SSSR count). The summed E-state index contributed by atoms with van der Waals surface area (Å²) in [5, 5.41) is 13.4. The maximum absolute atomic E-state index is 12.5. The van der Waals surface area contributed by atoms with Crippen LogP contribution in [0.3, 0.4) is 0 Å². The van der Waals surface area contributed by atoms with E-state index in [0.29, 0.717) is 11.8 Å². The zero-order chi connectivity index (χ0) is 17.0. The molecule has 0 fully saturated rings. The van der Waals surface area contributed by atoms with Crippen LogP contribution in [0.4, 0.5) is 18.9 Å². The smallest absolute Gasteiger partial charge is 0.453 e. The summed E-state index contributed by atoms with van der Waals surface area (Å²) in [5.74, 6) is -2.72. The first-order chi connectivity index (χ1) is 10.8. The molecule has 0 saturated heterocycles. The number of nitro benzene ring substituents is 1. The van der Waals surface area contributed by atoms with E-state index in [-0.39, 0.29) is 18.7 Å². The Labute approximate surface area is 126 Å². The van der Waals surface area contributed by atoms with Crippen LogP contribution in [0.2, 0.25) is 0 Å². The summed E-state index contributed by atoms with van der Waals surface area (Å²) in [6.07, 6.45) is -4.02. The second-order valence-electron chi connectivity index (χ2n) is 4.38. The lowest BCUT2D eigenvalue weighted by atomic mass is 10.1. The Morgan fingerprint density at radius 3 is 2.52 bits per heavy atom. The predicted octanol–water partition coefficient (Wildman–Crippen LogP) is 3.00. The van der Waals surface area contributed by atoms with E-state index in [1.165, 1.54) is 24.3 Å². The number of nitro groups is 1. The van der Waals surface area contributed by atoms with Crippen LogP contribution in [0.15, 0.2) is 35.0 Å². The third-order valence-corrected chi connectivity index (χ3v) is 2.82. The molecule has 0 amide bonds. The first-order valence-corrected chi connectivity index (χ1v) is 6.21. The van der Waals surface area contributed by atoms with Gasteiger partial charge < -0.3 is 9.26 Å². The van der Waals surface area contributed by atoms with Crippen molar-refractivity contribution in [3.8, 4) is 0 Å². The highest BCUT2D eigenvalue weighted by atomic mass is 19.4. The van der Waals surface area contributed by atoms with Gasteiger partial charge in [0.05, 0.1) is 17.7 Å². The van der Waals surface area contributed by atoms with Crippen LogP contribution in [0.1, 0.15) is 21.7 Å². The summed E-state index contributed by atoms with van der Waals surface area (Å²) in [5.41, 5.74) is -0.268. The molecule has 122 valence electrons. The third kappa shape index (κ3) is 4.05. The maximum Gasteiger partial charge on any atom is 0.453 e. The number of non-ortho nitro benzene ring substituents is 1. The van der Waals surface area contributed by atoms with Crippen molar-refractivity contribution in [2.75, 3.05) is 6.61 Å². The van der Waals surface area contributed by atoms with Gasteiger partial charge in [-0.1, -0.05) is 17.3 Å². The normalized spacial score (nSPS) is 11.3. The van der Waals surface area contributed by atoms with E-state index in [2.05, 4.69) is 9.68 Å². The van der Waals surface area contributed by atoms with Gasteiger partial charge in [0.25, 0.3) is 11.4 Å². The SMILES string of the molecule is O=C(OCCc1ccc([N+](=O)[O-])cc1)c1cnoc1C(F)(F)F. The molecule has 1 aromatic carbocycles. The standard InChI is InChI=1S/C13H9F3N2O5/c14-13(15,16)11-10(7-17-23-11)12(19)22-6-5-8-1-3-9(4-2-8)18(20)21/h1-4,7H,5-6H2. The number of hydrogen-bond donors (Lipinski definition) is 0. The molecule has 0 saturated carbocycles. The number of carbonyl (C=O) groups excluding carboxylic acids is 1. The van der Waals surface area contributed by atoms with E-state index in [0.717, 1.165) is 0 Å². The number of esters is 1. The van der Waals surface area contributed by atoms with Gasteiger partial charge >= 0.3 is 12.1 Å². The zero-order valence-corrected chi connectivity index (χ0v) is 11.4. The summed E-state index contributed by atoms with van der Waals surface area (Å²) in [7, 11) is 0. The Hall–Kier alpha value is -2.91. The number of halogens is 3. The molecule has 0 unspecified atom stereocenters. The second-order valence-corrected chi connectivity index (χ2v) is 4.38. The minimum Gasteiger partial charge on any atom is -0.462 e. The van der Waals surface area contributed by atoms with Crippen molar-refractivity contribution in [1.29, 1.82) is 0 Å². The summed E-state index contributed by atoms with van der Waals surface area (Å²) in [4.78, 5) is 21.5. The molecule has 7 nitrogen and oxygen atoms in total. The number of alkyl halides is 3. The van der Waals surface area contributed by atoms with Crippen molar-refractivity contribution in [2.24, 2.45) is 0 Å². The van der Waals surface area contributed by atoms with Crippen LogP contribution in [-0.4, -0.2) is 22.7 Å². The second kappa shape index (κ2) is 6.46. The van der Waals surface area contributed by atoms with Gasteiger partial charge in [-0.2, -0.15) is 13.2 Å². The summed E-state index contributed by atoms with van der Waals surface area (Å²) < 4.78 is 46.3. The predicted molar refractivity (Wildman–Crippen MR) is 68.6 cm³/mol. The molecule has 0 radical (unpaired) electrons. The molecule has 0 N–H and O–H groups in total. The van der Waals surface area contributed by atoms with Crippen LogP contribution in [-0.2, 0) is 17.3 Å². The van der Waals surface area contributed by atoms with E-state index < -0.39 is 28.4 Å². The van der Waals surface area contributed by atoms with E-state index in [1.54, 1.807) is 0 Å². The molecular formula is C13H9F3N2O5. The fraction of sp³-hybridized carbons (Fsp3) is 0.231. The lowest BCUT2D eigenvalue weighted by Crippen LogP contribution is -2.14. The lowest BCUT2D eigenvalue weighted by Gasteiger charge is -2.06. The topological polar surface area (TPSA) is 95.5 Å². The summed E-state index contributed by atoms with van der Waals surface area (Å²) in [6.45, 7) is -0.195. The molecule has 0 bridgehead atoms. The Kier molecular flexibility index (Phi) is 4.63. The molecule has 0 atom stereocenters. The zero-order valence-electron chi connectivity index (χ0n) is 11.4. The lowest BCUT2D eigenvalue weighted by molar-refractivity contribution is -0.384. The highest BCUT2D eigenvalue weighted by Gasteiger charge is 2.41. The number of rotatable bonds is 5. The minimum atomic E-state index is -4.84. The average Bonchev–Trinajstić information content (AvgIpc) is 2.97.